The van der Waals surface area contributed by atoms with Gasteiger partial charge in [-0.15, -0.1) is 0 Å². The maximum atomic E-state index is 2.06. The highest BCUT2D eigenvalue weighted by Crippen LogP contribution is 2.19. The summed E-state index contributed by atoms with van der Waals surface area (Å²) in [6.07, 6.45) is 1.43. The van der Waals surface area contributed by atoms with Gasteiger partial charge in [-0.05, 0) is 17.9 Å². The maximum absolute atomic E-state index is 2.06. The Morgan fingerprint density at radius 3 is 1.33 bits per heavy atom. The van der Waals surface area contributed by atoms with Gasteiger partial charge in [-0.25, -0.2) is 0 Å². The van der Waals surface area contributed by atoms with Crippen LogP contribution in [-0.4, -0.2) is 16.6 Å². The number of rotatable bonds is 0. The first-order chi connectivity index (χ1) is 3.00. The number of thioether (sulfide) groups is 2. The summed E-state index contributed by atoms with van der Waals surface area (Å²) in [6, 6.07) is 0. The van der Waals surface area contributed by atoms with Crippen molar-refractivity contribution in [2.45, 2.75) is 28.7 Å². The Balaban J connectivity index is -0.000000120. The zero-order valence-electron chi connectivity index (χ0n) is 3.64. The van der Waals surface area contributed by atoms with E-state index in [2.05, 4.69) is 23.5 Å². The van der Waals surface area contributed by atoms with Gasteiger partial charge in [0.15, 0.2) is 0 Å². The molecule has 0 aliphatic carbocycles. The molecular formula is C7H20S2. The highest BCUT2D eigenvalue weighted by atomic mass is 32.2. The second-order valence-electron chi connectivity index (χ2n) is 1.29. The van der Waals surface area contributed by atoms with E-state index in [1.165, 1.54) is 23.0 Å². The van der Waals surface area contributed by atoms with Crippen molar-refractivity contribution in [1.82, 2.24) is 0 Å². The summed E-state index contributed by atoms with van der Waals surface area (Å²) in [4.78, 5) is 0. The van der Waals surface area contributed by atoms with E-state index in [0.29, 0.717) is 0 Å². The normalized spacial score (nSPS) is 16.0. The molecule has 0 unspecified atom stereocenters. The lowest BCUT2D eigenvalue weighted by atomic mass is 10.6. The van der Waals surface area contributed by atoms with Crippen LogP contribution in [0.25, 0.3) is 0 Å². The van der Waals surface area contributed by atoms with Crippen molar-refractivity contribution >= 4 is 23.5 Å². The summed E-state index contributed by atoms with van der Waals surface area (Å²) >= 11 is 4.12. The van der Waals surface area contributed by atoms with E-state index >= 15 is 0 Å². The van der Waals surface area contributed by atoms with Crippen LogP contribution in [0.5, 0.6) is 0 Å². The fourth-order valence-corrected chi connectivity index (χ4v) is 2.73. The summed E-state index contributed by atoms with van der Waals surface area (Å²) in [5.41, 5.74) is 0. The molecule has 1 fully saturated rings. The summed E-state index contributed by atoms with van der Waals surface area (Å²) < 4.78 is 0. The van der Waals surface area contributed by atoms with Crippen LogP contribution in [-0.2, 0) is 0 Å². The highest BCUT2D eigenvalue weighted by Gasteiger charge is 1.95. The van der Waals surface area contributed by atoms with Crippen molar-refractivity contribution in [3.63, 3.8) is 0 Å². The molecule has 0 bridgehead atoms. The Kier molecular flexibility index (Phi) is 20.9. The van der Waals surface area contributed by atoms with Gasteiger partial charge in [0.1, 0.15) is 0 Å². The van der Waals surface area contributed by atoms with Crippen molar-refractivity contribution in [2.24, 2.45) is 0 Å². The third-order valence-corrected chi connectivity index (χ3v) is 3.23. The van der Waals surface area contributed by atoms with E-state index in [1.807, 2.05) is 0 Å². The molecule has 0 aromatic heterocycles. The Labute approximate surface area is 69.2 Å². The molecule has 1 rings (SSSR count). The summed E-state index contributed by atoms with van der Waals surface area (Å²) in [6.45, 7) is 0. The predicted molar refractivity (Wildman–Crippen MR) is 54.6 cm³/mol. The van der Waals surface area contributed by atoms with Gasteiger partial charge < -0.3 is 0 Å². The molecule has 2 heteroatoms. The molecule has 1 aliphatic heterocycles. The molecule has 0 saturated carbocycles. The molecule has 0 aromatic rings. The van der Waals surface area contributed by atoms with Gasteiger partial charge in [-0.1, -0.05) is 22.3 Å². The molecule has 9 heavy (non-hydrogen) atoms. The predicted octanol–water partition coefficient (Wildman–Crippen LogP) is 3.72. The lowest BCUT2D eigenvalue weighted by Crippen LogP contribution is -1.90. The number of hydrogen-bond acceptors (Lipinski definition) is 2. The molecule has 0 nitrogen and oxygen atoms in total. The quantitative estimate of drug-likeness (QED) is 0.540. The van der Waals surface area contributed by atoms with Crippen LogP contribution >= 0.6 is 23.5 Å². The van der Waals surface area contributed by atoms with Gasteiger partial charge in [0.2, 0.25) is 0 Å². The molecule has 1 heterocycles. The van der Waals surface area contributed by atoms with Crippen molar-refractivity contribution < 1.29 is 0 Å². The van der Waals surface area contributed by atoms with Crippen LogP contribution in [0.3, 0.4) is 0 Å². The van der Waals surface area contributed by atoms with Gasteiger partial charge in [-0.3, -0.25) is 0 Å². The molecule has 0 radical (unpaired) electrons. The monoisotopic (exact) mass is 168 g/mol. The minimum atomic E-state index is 0. The largest absolute Gasteiger partial charge is 0.151 e. The van der Waals surface area contributed by atoms with Crippen LogP contribution in [0.1, 0.15) is 28.7 Å². The summed E-state index contributed by atoms with van der Waals surface area (Å²) in [7, 11) is 0. The van der Waals surface area contributed by atoms with Crippen molar-refractivity contribution in [2.75, 3.05) is 16.6 Å². The second-order valence-corrected chi connectivity index (χ2v) is 3.86. The molecule has 0 N–H and O–H groups in total. The van der Waals surface area contributed by atoms with E-state index in [9.17, 15) is 0 Å². The molecule has 0 atom stereocenters. The smallest absolute Gasteiger partial charge is 0.0392 e. The average Bonchev–Trinajstić information content (AvgIpc) is 1.72. The van der Waals surface area contributed by atoms with Gasteiger partial charge in [0.25, 0.3) is 0 Å². The first kappa shape index (κ1) is 16.4. The molecule has 1 saturated heterocycles. The fourth-order valence-electron chi connectivity index (χ4n) is 0.440. The van der Waals surface area contributed by atoms with Gasteiger partial charge >= 0.3 is 0 Å². The minimum absolute atomic E-state index is 0. The topological polar surface area (TPSA) is 0 Å². The first-order valence-corrected chi connectivity index (χ1v) is 4.46. The van der Waals surface area contributed by atoms with Gasteiger partial charge in [0.05, 0.1) is 0 Å². The molecule has 0 amide bonds. The standard InChI is InChI=1S/C4H8S2.3CH4/c1-2-5-4-6-3-1;;;/h1-4H2;3*1H4. The van der Waals surface area contributed by atoms with Gasteiger partial charge in [0, 0.05) is 5.08 Å². The molecule has 0 aromatic carbocycles. The lowest BCUT2D eigenvalue weighted by molar-refractivity contribution is 1.12. The average molecular weight is 168 g/mol. The van der Waals surface area contributed by atoms with E-state index in [4.69, 9.17) is 0 Å². The Morgan fingerprint density at radius 1 is 0.778 bits per heavy atom. The SMILES string of the molecule is C.C.C.C1CSCSC1. The lowest BCUT2D eigenvalue weighted by Gasteiger charge is -2.05. The van der Waals surface area contributed by atoms with Gasteiger partial charge in [-0.2, -0.15) is 23.5 Å². The Hall–Kier alpha value is 0.700. The maximum Gasteiger partial charge on any atom is 0.0392 e. The Morgan fingerprint density at radius 2 is 1.22 bits per heavy atom. The third-order valence-electron chi connectivity index (χ3n) is 0.744. The van der Waals surface area contributed by atoms with Crippen molar-refractivity contribution in [3.05, 3.63) is 0 Å². The van der Waals surface area contributed by atoms with E-state index in [-0.39, 0.29) is 22.3 Å². The zero-order chi connectivity index (χ0) is 4.24. The highest BCUT2D eigenvalue weighted by molar-refractivity contribution is 8.16. The van der Waals surface area contributed by atoms with Crippen LogP contribution in [0, 0.1) is 0 Å². The van der Waals surface area contributed by atoms with Crippen LogP contribution in [0.4, 0.5) is 0 Å². The number of hydrogen-bond donors (Lipinski definition) is 0. The van der Waals surface area contributed by atoms with Crippen LogP contribution < -0.4 is 0 Å². The summed E-state index contributed by atoms with van der Waals surface area (Å²) in [5.74, 6) is 2.79. The molecule has 0 spiro atoms. The third kappa shape index (κ3) is 8.70. The second kappa shape index (κ2) is 11.5. The fraction of sp³-hybridized carbons (Fsp3) is 1.00. The Bertz CT molecular complexity index is 22.4. The van der Waals surface area contributed by atoms with Crippen molar-refractivity contribution in [3.8, 4) is 0 Å². The summed E-state index contributed by atoms with van der Waals surface area (Å²) in [5, 5.41) is 1.33. The molecular weight excluding hydrogens is 148 g/mol. The van der Waals surface area contributed by atoms with E-state index in [0.717, 1.165) is 0 Å². The molecule has 1 aliphatic rings. The van der Waals surface area contributed by atoms with E-state index in [1.54, 1.807) is 0 Å². The molecule has 60 valence electrons. The zero-order valence-corrected chi connectivity index (χ0v) is 5.28. The minimum Gasteiger partial charge on any atom is -0.151 e. The van der Waals surface area contributed by atoms with Crippen LogP contribution in [0.2, 0.25) is 0 Å². The van der Waals surface area contributed by atoms with E-state index < -0.39 is 0 Å². The van der Waals surface area contributed by atoms with Crippen LogP contribution in [0.15, 0.2) is 0 Å². The van der Waals surface area contributed by atoms with Crippen molar-refractivity contribution in [1.29, 1.82) is 0 Å². The first-order valence-electron chi connectivity index (χ1n) is 2.15.